The quantitative estimate of drug-likeness (QED) is 0.889. The molecule has 0 aliphatic carbocycles. The van der Waals surface area contributed by atoms with Gasteiger partial charge in [-0.1, -0.05) is 6.92 Å². The summed E-state index contributed by atoms with van der Waals surface area (Å²) in [6.07, 6.45) is 4.21. The van der Waals surface area contributed by atoms with Gasteiger partial charge in [0.15, 0.2) is 0 Å². The number of thiazole rings is 1. The van der Waals surface area contributed by atoms with Crippen LogP contribution in [0.5, 0.6) is 0 Å². The molecule has 0 radical (unpaired) electrons. The summed E-state index contributed by atoms with van der Waals surface area (Å²) in [7, 11) is 2.23. The van der Waals surface area contributed by atoms with Gasteiger partial charge < -0.3 is 10.2 Å². The summed E-state index contributed by atoms with van der Waals surface area (Å²) in [5, 5.41) is 6.99. The van der Waals surface area contributed by atoms with Crippen LogP contribution in [0.15, 0.2) is 11.6 Å². The van der Waals surface area contributed by atoms with E-state index < -0.39 is 0 Å². The van der Waals surface area contributed by atoms with Gasteiger partial charge in [-0.3, -0.25) is 0 Å². The summed E-state index contributed by atoms with van der Waals surface area (Å²) < 4.78 is 0. The molecule has 3 nitrogen and oxygen atoms in total. The van der Waals surface area contributed by atoms with Crippen LogP contribution in [0.4, 0.5) is 0 Å². The Morgan fingerprint density at radius 1 is 1.53 bits per heavy atom. The first kappa shape index (κ1) is 13.0. The second-order valence-electron chi connectivity index (χ2n) is 5.24. The Kier molecular flexibility index (Phi) is 4.54. The summed E-state index contributed by atoms with van der Waals surface area (Å²) >= 11 is 1.75. The van der Waals surface area contributed by atoms with Gasteiger partial charge in [0, 0.05) is 43.2 Å². The van der Waals surface area contributed by atoms with Gasteiger partial charge in [0.25, 0.3) is 0 Å². The zero-order valence-corrected chi connectivity index (χ0v) is 11.8. The zero-order valence-electron chi connectivity index (χ0n) is 11.0. The monoisotopic (exact) mass is 253 g/mol. The van der Waals surface area contributed by atoms with Crippen LogP contribution in [-0.2, 0) is 6.42 Å². The van der Waals surface area contributed by atoms with Crippen LogP contribution < -0.4 is 5.32 Å². The Labute approximate surface area is 108 Å². The predicted octanol–water partition coefficient (Wildman–Crippen LogP) is 2.00. The molecule has 1 aromatic heterocycles. The maximum Gasteiger partial charge on any atom is 0.0937 e. The van der Waals surface area contributed by atoms with E-state index in [0.29, 0.717) is 12.1 Å². The third-order valence-electron chi connectivity index (χ3n) is 3.84. The van der Waals surface area contributed by atoms with Gasteiger partial charge in [0.05, 0.1) is 5.01 Å². The van der Waals surface area contributed by atoms with E-state index in [2.05, 4.69) is 41.5 Å². The largest absolute Gasteiger partial charge is 0.313 e. The van der Waals surface area contributed by atoms with Crippen molar-refractivity contribution < 1.29 is 0 Å². The predicted molar refractivity (Wildman–Crippen MR) is 73.5 cm³/mol. The van der Waals surface area contributed by atoms with E-state index in [1.54, 1.807) is 11.3 Å². The fraction of sp³-hybridized carbons (Fsp3) is 0.769. The number of aromatic nitrogens is 1. The van der Waals surface area contributed by atoms with Gasteiger partial charge in [-0.15, -0.1) is 11.3 Å². The molecule has 4 heteroatoms. The minimum Gasteiger partial charge on any atom is -0.313 e. The van der Waals surface area contributed by atoms with Gasteiger partial charge in [0.1, 0.15) is 0 Å². The molecule has 1 aromatic rings. The van der Waals surface area contributed by atoms with Crippen LogP contribution in [0, 0.1) is 5.92 Å². The molecule has 1 saturated heterocycles. The molecule has 0 bridgehead atoms. The summed E-state index contributed by atoms with van der Waals surface area (Å²) in [5.74, 6) is 0.743. The summed E-state index contributed by atoms with van der Waals surface area (Å²) in [6, 6.07) is 1.37. The van der Waals surface area contributed by atoms with Gasteiger partial charge >= 0.3 is 0 Å². The second-order valence-corrected chi connectivity index (χ2v) is 6.22. The number of nitrogens with one attached hydrogen (secondary N) is 1. The molecule has 96 valence electrons. The maximum atomic E-state index is 4.32. The van der Waals surface area contributed by atoms with Crippen LogP contribution in [0.2, 0.25) is 0 Å². The lowest BCUT2D eigenvalue weighted by molar-refractivity contribution is 0.122. The number of nitrogens with zero attached hydrogens (tertiary/aromatic N) is 2. The van der Waals surface area contributed by atoms with E-state index >= 15 is 0 Å². The lowest BCUT2D eigenvalue weighted by atomic mass is 9.90. The van der Waals surface area contributed by atoms with Crippen molar-refractivity contribution in [1.29, 1.82) is 0 Å². The number of hydrogen-bond donors (Lipinski definition) is 1. The van der Waals surface area contributed by atoms with E-state index in [9.17, 15) is 0 Å². The third-order valence-corrected chi connectivity index (χ3v) is 4.68. The Bertz CT molecular complexity index is 325. The van der Waals surface area contributed by atoms with Crippen molar-refractivity contribution in [2.24, 2.45) is 5.92 Å². The minimum absolute atomic E-state index is 0.668. The number of hydrogen-bond acceptors (Lipinski definition) is 4. The highest BCUT2D eigenvalue weighted by Gasteiger charge is 2.28. The smallest absolute Gasteiger partial charge is 0.0937 e. The first-order valence-corrected chi connectivity index (χ1v) is 7.36. The molecule has 0 saturated carbocycles. The molecule has 0 spiro atoms. The lowest BCUT2D eigenvalue weighted by Crippen LogP contribution is -2.51. The highest BCUT2D eigenvalue weighted by atomic mass is 32.1. The molecule has 1 aliphatic rings. The molecular weight excluding hydrogens is 230 g/mol. The number of likely N-dealkylation sites (tertiary alicyclic amines) is 1. The van der Waals surface area contributed by atoms with Gasteiger partial charge in [-0.2, -0.15) is 0 Å². The molecule has 0 aromatic carbocycles. The molecule has 3 unspecified atom stereocenters. The van der Waals surface area contributed by atoms with Crippen molar-refractivity contribution >= 4 is 11.3 Å². The van der Waals surface area contributed by atoms with Crippen molar-refractivity contribution in [3.8, 4) is 0 Å². The third kappa shape index (κ3) is 3.50. The first-order valence-electron chi connectivity index (χ1n) is 6.49. The van der Waals surface area contributed by atoms with Gasteiger partial charge in [-0.05, 0) is 26.3 Å². The van der Waals surface area contributed by atoms with Crippen LogP contribution in [0.3, 0.4) is 0 Å². The average Bonchev–Trinajstić information content (AvgIpc) is 2.78. The molecule has 2 heterocycles. The van der Waals surface area contributed by atoms with Crippen molar-refractivity contribution in [2.45, 2.75) is 38.8 Å². The van der Waals surface area contributed by atoms with Crippen LogP contribution in [0.1, 0.15) is 25.3 Å². The molecule has 1 N–H and O–H groups in total. The number of piperidine rings is 1. The fourth-order valence-corrected chi connectivity index (χ4v) is 3.19. The zero-order chi connectivity index (χ0) is 12.3. The topological polar surface area (TPSA) is 28.2 Å². The number of rotatable bonds is 4. The maximum absolute atomic E-state index is 4.32. The summed E-state index contributed by atoms with van der Waals surface area (Å²) in [5.41, 5.74) is 0. The van der Waals surface area contributed by atoms with Gasteiger partial charge in [-0.25, -0.2) is 4.98 Å². The molecule has 1 aliphatic heterocycles. The molecule has 0 amide bonds. The normalized spacial score (nSPS) is 30.6. The minimum atomic E-state index is 0.668. The molecule has 3 atom stereocenters. The van der Waals surface area contributed by atoms with E-state index in [1.165, 1.54) is 18.0 Å². The molecule has 1 fully saturated rings. The average molecular weight is 253 g/mol. The van der Waals surface area contributed by atoms with E-state index in [1.807, 2.05) is 6.20 Å². The SMILES string of the molecule is CC1CN(C)C(C)CC1NCCc1nccs1. The van der Waals surface area contributed by atoms with E-state index in [0.717, 1.165) is 18.9 Å². The van der Waals surface area contributed by atoms with Crippen LogP contribution in [-0.4, -0.2) is 42.1 Å². The lowest BCUT2D eigenvalue weighted by Gasteiger charge is -2.40. The van der Waals surface area contributed by atoms with Crippen molar-refractivity contribution in [3.63, 3.8) is 0 Å². The summed E-state index contributed by atoms with van der Waals surface area (Å²) in [4.78, 5) is 6.78. The first-order chi connectivity index (χ1) is 8.16. The Balaban J connectivity index is 1.75. The second kappa shape index (κ2) is 5.94. The van der Waals surface area contributed by atoms with E-state index in [4.69, 9.17) is 0 Å². The Morgan fingerprint density at radius 3 is 3.06 bits per heavy atom. The van der Waals surface area contributed by atoms with Crippen molar-refractivity contribution in [1.82, 2.24) is 15.2 Å². The molecule has 17 heavy (non-hydrogen) atoms. The van der Waals surface area contributed by atoms with Crippen molar-refractivity contribution in [2.75, 3.05) is 20.1 Å². The van der Waals surface area contributed by atoms with Crippen molar-refractivity contribution in [3.05, 3.63) is 16.6 Å². The van der Waals surface area contributed by atoms with E-state index in [-0.39, 0.29) is 0 Å². The Morgan fingerprint density at radius 2 is 2.35 bits per heavy atom. The fourth-order valence-electron chi connectivity index (χ4n) is 2.57. The van der Waals surface area contributed by atoms with Gasteiger partial charge in [0.2, 0.25) is 0 Å². The standard InChI is InChI=1S/C13H23N3S/c1-10-9-16(3)11(2)8-12(10)14-5-4-13-15-6-7-17-13/h6-7,10-12,14H,4-5,8-9H2,1-3H3. The van der Waals surface area contributed by atoms with Crippen LogP contribution in [0.25, 0.3) is 0 Å². The molecule has 2 rings (SSSR count). The molecular formula is C13H23N3S. The highest BCUT2D eigenvalue weighted by molar-refractivity contribution is 7.09. The Hall–Kier alpha value is -0.450. The van der Waals surface area contributed by atoms with Crippen LogP contribution >= 0.6 is 11.3 Å². The summed E-state index contributed by atoms with van der Waals surface area (Å²) in [6.45, 7) is 6.93. The highest BCUT2D eigenvalue weighted by Crippen LogP contribution is 2.20.